The van der Waals surface area contributed by atoms with E-state index in [-0.39, 0.29) is 34.5 Å². The van der Waals surface area contributed by atoms with Crippen molar-refractivity contribution >= 4 is 57.0 Å². The van der Waals surface area contributed by atoms with Crippen LogP contribution in [-0.4, -0.2) is 46.8 Å². The number of thioether (sulfide) groups is 1. The second kappa shape index (κ2) is 11.1. The highest BCUT2D eigenvalue weighted by molar-refractivity contribution is 7.99. The van der Waals surface area contributed by atoms with E-state index in [9.17, 15) is 14.7 Å². The fourth-order valence-electron chi connectivity index (χ4n) is 4.27. The number of carbonyl (C=O) groups excluding carboxylic acids is 1. The maximum Gasteiger partial charge on any atom is 0.267 e. The number of phenols is 1. The van der Waals surface area contributed by atoms with Crippen LogP contribution < -0.4 is 20.5 Å². The van der Waals surface area contributed by atoms with Crippen LogP contribution in [0, 0.1) is 0 Å². The lowest BCUT2D eigenvalue weighted by Gasteiger charge is -2.12. The Morgan fingerprint density at radius 3 is 2.63 bits per heavy atom. The minimum atomic E-state index is -0.380. The number of benzene rings is 2. The minimum Gasteiger partial charge on any atom is -0.502 e. The van der Waals surface area contributed by atoms with Gasteiger partial charge in [0.25, 0.3) is 11.5 Å². The Kier molecular flexibility index (Phi) is 7.59. The third kappa shape index (κ3) is 5.09. The van der Waals surface area contributed by atoms with Gasteiger partial charge in [-0.25, -0.2) is 10.4 Å². The van der Waals surface area contributed by atoms with Crippen molar-refractivity contribution in [2.75, 3.05) is 20.0 Å². The monoisotopic (exact) mass is 570 g/mol. The molecule has 2 heterocycles. The van der Waals surface area contributed by atoms with Gasteiger partial charge >= 0.3 is 0 Å². The predicted octanol–water partition coefficient (Wildman–Crippen LogP) is 4.55. The van der Waals surface area contributed by atoms with Crippen molar-refractivity contribution in [3.8, 4) is 22.9 Å². The van der Waals surface area contributed by atoms with E-state index in [0.717, 1.165) is 36.6 Å². The highest BCUT2D eigenvalue weighted by atomic mass is 35.5. The van der Waals surface area contributed by atoms with Crippen molar-refractivity contribution in [3.05, 3.63) is 67.8 Å². The number of ether oxygens (including phenoxy) is 2. The summed E-state index contributed by atoms with van der Waals surface area (Å²) in [5.41, 5.74) is 4.61. The Morgan fingerprint density at radius 2 is 1.95 bits per heavy atom. The van der Waals surface area contributed by atoms with Crippen LogP contribution in [0.1, 0.15) is 22.4 Å². The summed E-state index contributed by atoms with van der Waals surface area (Å²) < 4.78 is 11.8. The lowest BCUT2D eigenvalue weighted by Crippen LogP contribution is -2.24. The van der Waals surface area contributed by atoms with Crippen LogP contribution in [-0.2, 0) is 17.6 Å². The maximum absolute atomic E-state index is 13.7. The van der Waals surface area contributed by atoms with Gasteiger partial charge in [0, 0.05) is 15.5 Å². The van der Waals surface area contributed by atoms with Gasteiger partial charge in [-0.05, 0) is 61.2 Å². The molecule has 0 bridgehead atoms. The average Bonchev–Trinajstić information content (AvgIpc) is 3.50. The lowest BCUT2D eigenvalue weighted by molar-refractivity contribution is -0.118. The zero-order valence-electron chi connectivity index (χ0n) is 20.5. The first-order valence-electron chi connectivity index (χ1n) is 11.6. The first kappa shape index (κ1) is 26.1. The molecule has 0 atom stereocenters. The molecule has 0 fully saturated rings. The highest BCUT2D eigenvalue weighted by Gasteiger charge is 2.24. The van der Waals surface area contributed by atoms with Gasteiger partial charge in [-0.3, -0.25) is 14.2 Å². The van der Waals surface area contributed by atoms with Crippen molar-refractivity contribution in [3.63, 3.8) is 0 Å². The smallest absolute Gasteiger partial charge is 0.267 e. The van der Waals surface area contributed by atoms with E-state index < -0.39 is 0 Å². The van der Waals surface area contributed by atoms with Crippen LogP contribution in [0.25, 0.3) is 15.9 Å². The number of fused-ring (bicyclic) bond motifs is 3. The van der Waals surface area contributed by atoms with Crippen molar-refractivity contribution < 1.29 is 19.4 Å². The molecule has 12 heteroatoms. The summed E-state index contributed by atoms with van der Waals surface area (Å²) in [6.07, 6.45) is 4.28. The number of thiophene rings is 1. The van der Waals surface area contributed by atoms with Crippen molar-refractivity contribution in [1.82, 2.24) is 15.0 Å². The SMILES string of the molecule is COc1cc(C=NNC(=O)CSc2nc3sc4c(c3c(=O)n2-c2ccc(Cl)cc2)CCC4)cc(OC)c1O. The summed E-state index contributed by atoms with van der Waals surface area (Å²) in [5, 5.41) is 15.7. The van der Waals surface area contributed by atoms with Gasteiger partial charge in [-0.1, -0.05) is 23.4 Å². The molecular formula is C26H23ClN4O5S2. The molecule has 9 nitrogen and oxygen atoms in total. The summed E-state index contributed by atoms with van der Waals surface area (Å²) in [4.78, 5) is 33.0. The molecular weight excluding hydrogens is 548 g/mol. The minimum absolute atomic E-state index is 0.0177. The summed E-state index contributed by atoms with van der Waals surface area (Å²) in [7, 11) is 2.85. The first-order chi connectivity index (χ1) is 18.4. The second-order valence-corrected chi connectivity index (χ2v) is 10.9. The number of hydrazone groups is 1. The fourth-order valence-corrected chi connectivity index (χ4v) is 6.50. The normalized spacial score (nSPS) is 12.7. The number of aryl methyl sites for hydroxylation is 2. The number of amides is 1. The molecule has 0 saturated heterocycles. The van der Waals surface area contributed by atoms with Gasteiger partial charge in [0.05, 0.1) is 37.3 Å². The molecule has 4 aromatic rings. The number of hydrogen-bond acceptors (Lipinski definition) is 9. The number of carbonyl (C=O) groups is 1. The number of aromatic hydroxyl groups is 1. The molecule has 196 valence electrons. The number of methoxy groups -OCH3 is 2. The summed E-state index contributed by atoms with van der Waals surface area (Å²) >= 11 is 8.77. The molecule has 1 aliphatic rings. The Bertz CT molecular complexity index is 1590. The van der Waals surface area contributed by atoms with Gasteiger partial charge in [-0.15, -0.1) is 11.3 Å². The van der Waals surface area contributed by atoms with Gasteiger partial charge in [0.1, 0.15) is 4.83 Å². The van der Waals surface area contributed by atoms with Gasteiger partial charge in [0.15, 0.2) is 16.7 Å². The number of nitrogens with zero attached hydrogens (tertiary/aromatic N) is 3. The van der Waals surface area contributed by atoms with Crippen LogP contribution in [0.5, 0.6) is 17.2 Å². The average molecular weight is 571 g/mol. The number of aromatic nitrogens is 2. The topological polar surface area (TPSA) is 115 Å². The van der Waals surface area contributed by atoms with Crippen LogP contribution in [0.15, 0.2) is 51.5 Å². The standard InChI is InChI=1S/C26H23ClN4O5S2/c1-35-18-10-14(11-19(36-2)23(18)33)12-28-30-21(32)13-37-26-29-24-22(17-4-3-5-20(17)38-24)25(34)31(26)16-8-6-15(27)7-9-16/h6-12,33H,3-5,13H2,1-2H3,(H,30,32). The third-order valence-electron chi connectivity index (χ3n) is 6.03. The van der Waals surface area contributed by atoms with E-state index in [1.54, 1.807) is 52.3 Å². The molecule has 2 aromatic carbocycles. The van der Waals surface area contributed by atoms with Crippen molar-refractivity contribution in [2.24, 2.45) is 5.10 Å². The Morgan fingerprint density at radius 1 is 1.24 bits per heavy atom. The van der Waals surface area contributed by atoms with E-state index in [4.69, 9.17) is 26.1 Å². The maximum atomic E-state index is 13.7. The molecule has 0 spiro atoms. The summed E-state index contributed by atoms with van der Waals surface area (Å²) in [5.74, 6) is -0.0898. The highest BCUT2D eigenvalue weighted by Crippen LogP contribution is 2.37. The fraction of sp³-hybridized carbons (Fsp3) is 0.231. The van der Waals surface area contributed by atoms with E-state index in [2.05, 4.69) is 10.5 Å². The van der Waals surface area contributed by atoms with Gasteiger partial charge < -0.3 is 14.6 Å². The number of nitrogens with one attached hydrogen (secondary N) is 1. The number of rotatable bonds is 8. The second-order valence-electron chi connectivity index (χ2n) is 8.40. The molecule has 0 saturated carbocycles. The largest absolute Gasteiger partial charge is 0.502 e. The molecule has 0 unspecified atom stereocenters. The lowest BCUT2D eigenvalue weighted by atomic mass is 10.2. The van der Waals surface area contributed by atoms with E-state index in [0.29, 0.717) is 31.6 Å². The Hall–Kier alpha value is -3.54. The van der Waals surface area contributed by atoms with Crippen LogP contribution in [0.3, 0.4) is 0 Å². The van der Waals surface area contributed by atoms with Gasteiger partial charge in [0.2, 0.25) is 5.75 Å². The molecule has 38 heavy (non-hydrogen) atoms. The molecule has 2 aromatic heterocycles. The molecule has 0 aliphatic heterocycles. The molecule has 1 amide bonds. The zero-order chi connectivity index (χ0) is 26.8. The van der Waals surface area contributed by atoms with E-state index in [1.807, 2.05) is 0 Å². The Labute approximate surface area is 231 Å². The number of halogens is 1. The van der Waals surface area contributed by atoms with Crippen LogP contribution >= 0.6 is 34.7 Å². The Balaban J connectivity index is 1.38. The van der Waals surface area contributed by atoms with Crippen molar-refractivity contribution in [2.45, 2.75) is 24.4 Å². The quantitative estimate of drug-likeness (QED) is 0.138. The zero-order valence-corrected chi connectivity index (χ0v) is 22.9. The van der Waals surface area contributed by atoms with E-state index in [1.165, 1.54) is 25.3 Å². The van der Waals surface area contributed by atoms with Gasteiger partial charge in [-0.2, -0.15) is 5.10 Å². The summed E-state index contributed by atoms with van der Waals surface area (Å²) in [6.45, 7) is 0. The molecule has 2 N–H and O–H groups in total. The molecule has 5 rings (SSSR count). The van der Waals surface area contributed by atoms with E-state index >= 15 is 0 Å². The number of hydrogen-bond donors (Lipinski definition) is 2. The van der Waals surface area contributed by atoms with Crippen molar-refractivity contribution in [1.29, 1.82) is 0 Å². The number of phenolic OH excluding ortho intramolecular Hbond substituents is 1. The molecule has 0 radical (unpaired) electrons. The molecule has 1 aliphatic carbocycles. The van der Waals surface area contributed by atoms with Crippen LogP contribution in [0.4, 0.5) is 0 Å². The van der Waals surface area contributed by atoms with Crippen LogP contribution in [0.2, 0.25) is 5.02 Å². The third-order valence-corrected chi connectivity index (χ3v) is 8.41. The summed E-state index contributed by atoms with van der Waals surface area (Å²) in [6, 6.07) is 10.1. The first-order valence-corrected chi connectivity index (χ1v) is 13.8. The predicted molar refractivity (Wildman–Crippen MR) is 150 cm³/mol.